The number of thiophene rings is 1. The van der Waals surface area contributed by atoms with Crippen LogP contribution in [-0.4, -0.2) is 14.7 Å². The number of aldehydes is 1. The van der Waals surface area contributed by atoms with Crippen molar-refractivity contribution in [2.24, 2.45) is 5.14 Å². The van der Waals surface area contributed by atoms with Crippen LogP contribution in [0.2, 0.25) is 0 Å². The van der Waals surface area contributed by atoms with Crippen LogP contribution in [0.1, 0.15) is 10.4 Å². The van der Waals surface area contributed by atoms with E-state index in [4.69, 9.17) is 5.14 Å². The van der Waals surface area contributed by atoms with Crippen molar-refractivity contribution in [3.05, 3.63) is 16.3 Å². The third-order valence-electron chi connectivity index (χ3n) is 1.09. The molecule has 6 heteroatoms. The summed E-state index contributed by atoms with van der Waals surface area (Å²) in [6.07, 6.45) is 0.468. The van der Waals surface area contributed by atoms with Crippen LogP contribution in [0.25, 0.3) is 0 Å². The summed E-state index contributed by atoms with van der Waals surface area (Å²) >= 11 is 1.13. The van der Waals surface area contributed by atoms with Gasteiger partial charge >= 0.3 is 0 Å². The second-order valence-corrected chi connectivity index (χ2v) is 4.13. The smallest absolute Gasteiger partial charge is 0.239 e. The highest BCUT2D eigenvalue weighted by atomic mass is 32.2. The van der Waals surface area contributed by atoms with Crippen LogP contribution < -0.4 is 5.14 Å². The fourth-order valence-electron chi connectivity index (χ4n) is 0.612. The van der Waals surface area contributed by atoms with Gasteiger partial charge in [-0.15, -0.1) is 0 Å². The Morgan fingerprint density at radius 3 is 2.45 bits per heavy atom. The molecule has 0 radical (unpaired) electrons. The summed E-state index contributed by atoms with van der Waals surface area (Å²) in [6, 6.07) is 0. The van der Waals surface area contributed by atoms with Crippen molar-refractivity contribution in [3.8, 4) is 0 Å². The van der Waals surface area contributed by atoms with Crippen molar-refractivity contribution in [1.82, 2.24) is 0 Å². The van der Waals surface area contributed by atoms with Crippen LogP contribution in [0.3, 0.4) is 0 Å². The highest BCUT2D eigenvalue weighted by Crippen LogP contribution is 2.16. The Balaban J connectivity index is 3.35. The molecule has 1 heterocycles. The van der Waals surface area contributed by atoms with E-state index in [1.807, 2.05) is 0 Å². The molecule has 1 aromatic rings. The number of primary sulfonamides is 1. The van der Waals surface area contributed by atoms with Crippen molar-refractivity contribution < 1.29 is 13.2 Å². The Bertz CT molecular complexity index is 365. The van der Waals surface area contributed by atoms with Gasteiger partial charge in [-0.25, -0.2) is 13.6 Å². The molecule has 0 aliphatic rings. The van der Waals surface area contributed by atoms with Gasteiger partial charge in [0.1, 0.15) is 4.90 Å². The molecule has 11 heavy (non-hydrogen) atoms. The first kappa shape index (κ1) is 8.38. The zero-order chi connectivity index (χ0) is 8.48. The van der Waals surface area contributed by atoms with Crippen LogP contribution in [0, 0.1) is 0 Å². The number of carbonyl (C=O) groups excluding carboxylic acids is 1. The maximum Gasteiger partial charge on any atom is 0.239 e. The summed E-state index contributed by atoms with van der Waals surface area (Å²) in [5, 5.41) is 7.57. The highest BCUT2D eigenvalue weighted by molar-refractivity contribution is 7.89. The fourth-order valence-corrected chi connectivity index (χ4v) is 2.48. The summed E-state index contributed by atoms with van der Waals surface area (Å²) < 4.78 is 21.4. The summed E-state index contributed by atoms with van der Waals surface area (Å²) in [4.78, 5) is 10.1. The summed E-state index contributed by atoms with van der Waals surface area (Å²) in [5.41, 5.74) is 0.123. The van der Waals surface area contributed by atoms with Crippen LogP contribution >= 0.6 is 11.3 Å². The van der Waals surface area contributed by atoms with Crippen molar-refractivity contribution in [2.45, 2.75) is 4.90 Å². The van der Waals surface area contributed by atoms with Crippen LogP contribution in [0.4, 0.5) is 0 Å². The minimum absolute atomic E-state index is 0.0995. The van der Waals surface area contributed by atoms with Crippen molar-refractivity contribution in [3.63, 3.8) is 0 Å². The first-order valence-electron chi connectivity index (χ1n) is 2.60. The molecule has 2 N–H and O–H groups in total. The molecular weight excluding hydrogens is 186 g/mol. The van der Waals surface area contributed by atoms with Gasteiger partial charge in [0.25, 0.3) is 0 Å². The number of hydrogen-bond donors (Lipinski definition) is 1. The number of hydrogen-bond acceptors (Lipinski definition) is 4. The van der Waals surface area contributed by atoms with Gasteiger partial charge in [0.15, 0.2) is 6.29 Å². The van der Waals surface area contributed by atoms with Gasteiger partial charge in [-0.3, -0.25) is 4.79 Å². The summed E-state index contributed by atoms with van der Waals surface area (Å²) in [7, 11) is -3.72. The van der Waals surface area contributed by atoms with E-state index in [0.29, 0.717) is 6.29 Å². The molecule has 0 bridgehead atoms. The van der Waals surface area contributed by atoms with E-state index in [1.54, 1.807) is 0 Å². The van der Waals surface area contributed by atoms with E-state index < -0.39 is 10.0 Å². The molecule has 1 aromatic heterocycles. The Kier molecular flexibility index (Phi) is 2.08. The van der Waals surface area contributed by atoms with Crippen LogP contribution in [0.15, 0.2) is 15.7 Å². The first-order chi connectivity index (χ1) is 5.05. The zero-order valence-electron chi connectivity index (χ0n) is 5.35. The zero-order valence-corrected chi connectivity index (χ0v) is 6.98. The SMILES string of the molecule is NS(=O)(=O)c1cscc1C=O. The molecule has 0 spiro atoms. The normalized spacial score (nSPS) is 11.4. The third-order valence-corrected chi connectivity index (χ3v) is 2.97. The lowest BCUT2D eigenvalue weighted by atomic mass is 10.4. The first-order valence-corrected chi connectivity index (χ1v) is 5.09. The Hall–Kier alpha value is -0.720. The Morgan fingerprint density at radius 1 is 1.45 bits per heavy atom. The molecule has 0 saturated heterocycles. The third kappa shape index (κ3) is 1.65. The second kappa shape index (κ2) is 2.72. The van der Waals surface area contributed by atoms with Crippen molar-refractivity contribution >= 4 is 27.6 Å². The van der Waals surface area contributed by atoms with E-state index in [1.165, 1.54) is 10.8 Å². The van der Waals surface area contributed by atoms with E-state index in [9.17, 15) is 13.2 Å². The number of rotatable bonds is 2. The number of carbonyl (C=O) groups is 1. The van der Waals surface area contributed by atoms with Gasteiger partial charge in [0, 0.05) is 16.3 Å². The van der Waals surface area contributed by atoms with Crippen LogP contribution in [0.5, 0.6) is 0 Å². The van der Waals surface area contributed by atoms with Gasteiger partial charge in [0.2, 0.25) is 10.0 Å². The van der Waals surface area contributed by atoms with Crippen LogP contribution in [-0.2, 0) is 10.0 Å². The Morgan fingerprint density at radius 2 is 2.09 bits per heavy atom. The number of nitrogens with two attached hydrogens (primary N) is 1. The lowest BCUT2D eigenvalue weighted by Crippen LogP contribution is -2.12. The molecule has 0 atom stereocenters. The minimum Gasteiger partial charge on any atom is -0.298 e. The molecule has 4 nitrogen and oxygen atoms in total. The van der Waals surface area contributed by atoms with Gasteiger partial charge in [-0.05, 0) is 0 Å². The molecule has 1 rings (SSSR count). The van der Waals surface area contributed by atoms with Crippen molar-refractivity contribution in [2.75, 3.05) is 0 Å². The predicted octanol–water partition coefficient (Wildman–Crippen LogP) is 0.208. The monoisotopic (exact) mass is 191 g/mol. The second-order valence-electron chi connectivity index (χ2n) is 1.85. The maximum absolute atomic E-state index is 10.7. The molecule has 0 saturated carbocycles. The molecule has 0 aliphatic heterocycles. The molecule has 0 unspecified atom stereocenters. The van der Waals surface area contributed by atoms with Gasteiger partial charge in [0.05, 0.1) is 0 Å². The quantitative estimate of drug-likeness (QED) is 0.679. The molecular formula is C5H5NO3S2. The highest BCUT2D eigenvalue weighted by Gasteiger charge is 2.13. The van der Waals surface area contributed by atoms with Gasteiger partial charge in [-0.1, -0.05) is 0 Å². The standard InChI is InChI=1S/C5H5NO3S2/c6-11(8,9)5-3-10-2-4(5)1-7/h1-3H,(H2,6,8,9). The van der Waals surface area contributed by atoms with Gasteiger partial charge in [-0.2, -0.15) is 11.3 Å². The molecule has 0 amide bonds. The van der Waals surface area contributed by atoms with E-state index in [2.05, 4.69) is 0 Å². The topological polar surface area (TPSA) is 77.2 Å². The largest absolute Gasteiger partial charge is 0.298 e. The van der Waals surface area contributed by atoms with E-state index in [-0.39, 0.29) is 10.5 Å². The Labute approximate surface area is 67.7 Å². The molecule has 60 valence electrons. The minimum atomic E-state index is -3.72. The lowest BCUT2D eigenvalue weighted by molar-refractivity contribution is 0.112. The molecule has 0 fully saturated rings. The average Bonchev–Trinajstić information content (AvgIpc) is 2.31. The summed E-state index contributed by atoms with van der Waals surface area (Å²) in [5.74, 6) is 0. The predicted molar refractivity (Wildman–Crippen MR) is 41.1 cm³/mol. The van der Waals surface area contributed by atoms with Gasteiger partial charge < -0.3 is 0 Å². The fraction of sp³-hybridized carbons (Fsp3) is 0. The van der Waals surface area contributed by atoms with E-state index in [0.717, 1.165) is 11.3 Å². The lowest BCUT2D eigenvalue weighted by Gasteiger charge is -1.91. The molecule has 0 aliphatic carbocycles. The molecule has 0 aromatic carbocycles. The summed E-state index contributed by atoms with van der Waals surface area (Å²) in [6.45, 7) is 0. The van der Waals surface area contributed by atoms with Crippen molar-refractivity contribution in [1.29, 1.82) is 0 Å². The maximum atomic E-state index is 10.7. The van der Waals surface area contributed by atoms with E-state index >= 15 is 0 Å². The average molecular weight is 191 g/mol. The number of sulfonamides is 1.